The van der Waals surface area contributed by atoms with Crippen LogP contribution < -0.4 is 4.74 Å². The number of hydrogen-bond acceptors (Lipinski definition) is 2. The number of aldehydes is 1. The topological polar surface area (TPSA) is 26.3 Å². The Morgan fingerprint density at radius 2 is 2.29 bits per heavy atom. The first-order valence-electron chi connectivity index (χ1n) is 4.71. The molecule has 0 spiro atoms. The lowest BCUT2D eigenvalue weighted by atomic mass is 10.2. The van der Waals surface area contributed by atoms with E-state index in [9.17, 15) is 4.79 Å². The minimum absolute atomic E-state index is 0.723. The van der Waals surface area contributed by atoms with Crippen molar-refractivity contribution in [1.82, 2.24) is 0 Å². The smallest absolute Gasteiger partial charge is 0.142 e. The molecule has 0 aliphatic rings. The van der Waals surface area contributed by atoms with Crippen molar-refractivity contribution in [2.45, 2.75) is 13.3 Å². The number of hydrogen-bond donors (Lipinski definition) is 0. The predicted molar refractivity (Wildman–Crippen MR) is 57.3 cm³/mol. The van der Waals surface area contributed by atoms with Crippen LogP contribution in [0, 0.1) is 0 Å². The van der Waals surface area contributed by atoms with E-state index in [4.69, 9.17) is 4.74 Å². The van der Waals surface area contributed by atoms with Crippen molar-refractivity contribution in [2.24, 2.45) is 0 Å². The maximum absolute atomic E-state index is 10.1. The molecular formula is C12H14O2. The summed E-state index contributed by atoms with van der Waals surface area (Å²) in [4.78, 5) is 10.1. The second-order valence-electron chi connectivity index (χ2n) is 2.92. The van der Waals surface area contributed by atoms with Crippen LogP contribution in [0.15, 0.2) is 30.3 Å². The third-order valence-electron chi connectivity index (χ3n) is 1.70. The van der Waals surface area contributed by atoms with Gasteiger partial charge in [-0.15, -0.1) is 0 Å². The quantitative estimate of drug-likeness (QED) is 0.527. The molecule has 0 atom stereocenters. The van der Waals surface area contributed by atoms with Crippen molar-refractivity contribution < 1.29 is 9.53 Å². The number of rotatable bonds is 5. The Morgan fingerprint density at radius 3 is 3.00 bits per heavy atom. The summed E-state index contributed by atoms with van der Waals surface area (Å²) in [6, 6.07) is 7.66. The summed E-state index contributed by atoms with van der Waals surface area (Å²) >= 11 is 0. The summed E-state index contributed by atoms with van der Waals surface area (Å²) in [5.74, 6) is 0.847. The standard InChI is InChI=1S/C12H14O2/c1-2-9-14-12-7-3-5-11(10-12)6-4-8-13/h3-8,10H,2,9H2,1H3. The van der Waals surface area contributed by atoms with E-state index in [1.807, 2.05) is 24.3 Å². The molecule has 1 aromatic carbocycles. The molecule has 1 rings (SSSR count). The van der Waals surface area contributed by atoms with Gasteiger partial charge in [0.05, 0.1) is 6.61 Å². The van der Waals surface area contributed by atoms with Gasteiger partial charge in [0.15, 0.2) is 0 Å². The largest absolute Gasteiger partial charge is 0.494 e. The Hall–Kier alpha value is -1.57. The average molecular weight is 190 g/mol. The van der Waals surface area contributed by atoms with Gasteiger partial charge in [0.1, 0.15) is 12.0 Å². The Balaban J connectivity index is 2.68. The third kappa shape index (κ3) is 3.44. The van der Waals surface area contributed by atoms with Gasteiger partial charge < -0.3 is 4.74 Å². The van der Waals surface area contributed by atoms with E-state index in [1.54, 1.807) is 6.08 Å². The molecule has 0 aliphatic heterocycles. The fraction of sp³-hybridized carbons (Fsp3) is 0.250. The molecule has 0 amide bonds. The van der Waals surface area contributed by atoms with Crippen LogP contribution in [0.25, 0.3) is 6.08 Å². The van der Waals surface area contributed by atoms with E-state index in [0.29, 0.717) is 0 Å². The summed E-state index contributed by atoms with van der Waals surface area (Å²) < 4.78 is 5.45. The maximum Gasteiger partial charge on any atom is 0.142 e. The molecule has 0 bridgehead atoms. The molecule has 0 N–H and O–H groups in total. The van der Waals surface area contributed by atoms with Crippen LogP contribution in [0.4, 0.5) is 0 Å². The lowest BCUT2D eigenvalue weighted by Gasteiger charge is -2.04. The van der Waals surface area contributed by atoms with Gasteiger partial charge in [0.25, 0.3) is 0 Å². The zero-order valence-corrected chi connectivity index (χ0v) is 8.27. The van der Waals surface area contributed by atoms with E-state index < -0.39 is 0 Å². The van der Waals surface area contributed by atoms with Crippen LogP contribution in [0.5, 0.6) is 5.75 Å². The highest BCUT2D eigenvalue weighted by Crippen LogP contribution is 2.14. The van der Waals surface area contributed by atoms with Crippen molar-refractivity contribution in [3.8, 4) is 5.75 Å². The number of ether oxygens (including phenoxy) is 1. The highest BCUT2D eigenvalue weighted by Gasteiger charge is 1.92. The van der Waals surface area contributed by atoms with E-state index >= 15 is 0 Å². The fourth-order valence-corrected chi connectivity index (χ4v) is 1.08. The van der Waals surface area contributed by atoms with Crippen molar-refractivity contribution in [2.75, 3.05) is 6.61 Å². The molecule has 0 unspecified atom stereocenters. The van der Waals surface area contributed by atoms with Crippen molar-refractivity contribution in [3.05, 3.63) is 35.9 Å². The Kier molecular flexibility index (Phi) is 4.48. The van der Waals surface area contributed by atoms with Crippen molar-refractivity contribution >= 4 is 12.4 Å². The first-order valence-corrected chi connectivity index (χ1v) is 4.71. The molecule has 0 radical (unpaired) electrons. The average Bonchev–Trinajstić information content (AvgIpc) is 2.24. The van der Waals surface area contributed by atoms with Crippen molar-refractivity contribution in [1.29, 1.82) is 0 Å². The molecule has 0 aliphatic carbocycles. The summed E-state index contributed by atoms with van der Waals surface area (Å²) in [5, 5.41) is 0. The van der Waals surface area contributed by atoms with Gasteiger partial charge in [-0.25, -0.2) is 0 Å². The lowest BCUT2D eigenvalue weighted by molar-refractivity contribution is -0.104. The van der Waals surface area contributed by atoms with Crippen LogP contribution in [-0.2, 0) is 4.79 Å². The first kappa shape index (κ1) is 10.5. The minimum Gasteiger partial charge on any atom is -0.494 e. The van der Waals surface area contributed by atoms with Gasteiger partial charge in [0, 0.05) is 0 Å². The summed E-state index contributed by atoms with van der Waals surface area (Å²) in [6.07, 6.45) is 4.98. The lowest BCUT2D eigenvalue weighted by Crippen LogP contribution is -1.94. The summed E-state index contributed by atoms with van der Waals surface area (Å²) in [7, 11) is 0. The second kappa shape index (κ2) is 5.97. The molecule has 2 nitrogen and oxygen atoms in total. The zero-order chi connectivity index (χ0) is 10.2. The van der Waals surface area contributed by atoms with Gasteiger partial charge in [-0.1, -0.05) is 25.1 Å². The van der Waals surface area contributed by atoms with E-state index in [1.165, 1.54) is 6.08 Å². The molecule has 1 aromatic rings. The minimum atomic E-state index is 0.723. The number of allylic oxidation sites excluding steroid dienone is 1. The van der Waals surface area contributed by atoms with Gasteiger partial charge in [0.2, 0.25) is 0 Å². The van der Waals surface area contributed by atoms with Crippen LogP contribution in [0.3, 0.4) is 0 Å². The van der Waals surface area contributed by atoms with E-state index in [2.05, 4.69) is 6.92 Å². The van der Waals surface area contributed by atoms with Gasteiger partial charge in [-0.3, -0.25) is 4.79 Å². The maximum atomic E-state index is 10.1. The molecule has 74 valence electrons. The molecule has 0 fully saturated rings. The molecule has 0 heterocycles. The number of benzene rings is 1. The Labute approximate surface area is 84.2 Å². The highest BCUT2D eigenvalue weighted by atomic mass is 16.5. The normalized spacial score (nSPS) is 10.4. The second-order valence-corrected chi connectivity index (χ2v) is 2.92. The zero-order valence-electron chi connectivity index (χ0n) is 8.27. The monoisotopic (exact) mass is 190 g/mol. The fourth-order valence-electron chi connectivity index (χ4n) is 1.08. The van der Waals surface area contributed by atoms with Crippen LogP contribution in [0.1, 0.15) is 18.9 Å². The third-order valence-corrected chi connectivity index (χ3v) is 1.70. The van der Waals surface area contributed by atoms with Crippen LogP contribution in [-0.4, -0.2) is 12.9 Å². The SMILES string of the molecule is CCCOc1cccc(C=CC=O)c1. The van der Waals surface area contributed by atoms with Crippen molar-refractivity contribution in [3.63, 3.8) is 0 Å². The van der Waals surface area contributed by atoms with E-state index in [-0.39, 0.29) is 0 Å². The summed E-state index contributed by atoms with van der Waals surface area (Å²) in [6.45, 7) is 2.79. The van der Waals surface area contributed by atoms with Gasteiger partial charge >= 0.3 is 0 Å². The molecule has 2 heteroatoms. The van der Waals surface area contributed by atoms with Crippen LogP contribution >= 0.6 is 0 Å². The van der Waals surface area contributed by atoms with Gasteiger partial charge in [-0.2, -0.15) is 0 Å². The molecule has 0 saturated carbocycles. The summed E-state index contributed by atoms with van der Waals surface area (Å²) in [5.41, 5.74) is 0.978. The molecule has 0 aromatic heterocycles. The first-order chi connectivity index (χ1) is 6.86. The molecule has 0 saturated heterocycles. The number of carbonyl (C=O) groups is 1. The molecular weight excluding hydrogens is 176 g/mol. The van der Waals surface area contributed by atoms with E-state index in [0.717, 1.165) is 30.6 Å². The van der Waals surface area contributed by atoms with Gasteiger partial charge in [-0.05, 0) is 30.2 Å². The Morgan fingerprint density at radius 1 is 1.43 bits per heavy atom. The Bertz CT molecular complexity index is 316. The number of carbonyl (C=O) groups excluding carboxylic acids is 1. The predicted octanol–water partition coefficient (Wildman–Crippen LogP) is 2.69. The van der Waals surface area contributed by atoms with Crippen LogP contribution in [0.2, 0.25) is 0 Å². The highest BCUT2D eigenvalue weighted by molar-refractivity contribution is 5.74. The molecule has 14 heavy (non-hydrogen) atoms.